The highest BCUT2D eigenvalue weighted by atomic mass is 15.3. The summed E-state index contributed by atoms with van der Waals surface area (Å²) in [5.74, 6) is 1.30. The highest BCUT2D eigenvalue weighted by Crippen LogP contribution is 2.29. The average molecular weight is 258 g/mol. The van der Waals surface area contributed by atoms with Crippen molar-refractivity contribution in [1.29, 1.82) is 0 Å². The zero-order valence-corrected chi connectivity index (χ0v) is 11.6. The van der Waals surface area contributed by atoms with Crippen molar-refractivity contribution in [3.8, 4) is 0 Å². The van der Waals surface area contributed by atoms with Crippen LogP contribution in [0, 0.1) is 6.92 Å². The number of unbranched alkanes of at least 4 members (excludes halogenated alkanes) is 3. The highest BCUT2D eigenvalue weighted by Gasteiger charge is 2.23. The van der Waals surface area contributed by atoms with Crippen LogP contribution in [0.1, 0.15) is 37.1 Å². The molecule has 0 fully saturated rings. The smallest absolute Gasteiger partial charge is 0.138 e. The van der Waals surface area contributed by atoms with E-state index >= 15 is 0 Å². The Morgan fingerprint density at radius 3 is 2.89 bits per heavy atom. The minimum atomic E-state index is 0.819. The monoisotopic (exact) mass is 258 g/mol. The summed E-state index contributed by atoms with van der Waals surface area (Å²) in [7, 11) is 0. The first-order valence-electron chi connectivity index (χ1n) is 7.23. The molecular weight excluding hydrogens is 236 g/mol. The molecule has 0 unspecified atom stereocenters. The highest BCUT2D eigenvalue weighted by molar-refractivity contribution is 5.58. The molecule has 0 saturated carbocycles. The Labute approximate surface area is 114 Å². The van der Waals surface area contributed by atoms with Gasteiger partial charge in [-0.05, 0) is 38.4 Å². The van der Waals surface area contributed by atoms with Crippen molar-refractivity contribution in [2.24, 2.45) is 5.73 Å². The Balaban J connectivity index is 1.69. The number of pyridine rings is 1. The van der Waals surface area contributed by atoms with E-state index in [4.69, 9.17) is 5.73 Å². The van der Waals surface area contributed by atoms with Crippen LogP contribution in [0.3, 0.4) is 0 Å². The molecule has 4 heteroatoms. The fourth-order valence-corrected chi connectivity index (χ4v) is 2.94. The molecule has 102 valence electrons. The SMILES string of the molecule is Cc1nc2cccc3n2c1CN3CCCCCCN. The zero-order valence-electron chi connectivity index (χ0n) is 11.6. The average Bonchev–Trinajstić information content (AvgIpc) is 2.93. The van der Waals surface area contributed by atoms with Crippen molar-refractivity contribution in [3.63, 3.8) is 0 Å². The molecule has 3 heterocycles. The van der Waals surface area contributed by atoms with Gasteiger partial charge in [-0.1, -0.05) is 18.9 Å². The van der Waals surface area contributed by atoms with Gasteiger partial charge in [0.15, 0.2) is 0 Å². The lowest BCUT2D eigenvalue weighted by Crippen LogP contribution is -2.20. The van der Waals surface area contributed by atoms with E-state index in [1.54, 1.807) is 0 Å². The summed E-state index contributed by atoms with van der Waals surface area (Å²) in [6.07, 6.45) is 4.92. The third kappa shape index (κ3) is 2.21. The molecule has 0 saturated heterocycles. The Morgan fingerprint density at radius 1 is 1.21 bits per heavy atom. The Bertz CT molecular complexity index is 573. The predicted molar refractivity (Wildman–Crippen MR) is 78.5 cm³/mol. The summed E-state index contributed by atoms with van der Waals surface area (Å²) < 4.78 is 2.30. The summed E-state index contributed by atoms with van der Waals surface area (Å²) in [4.78, 5) is 7.07. The summed E-state index contributed by atoms with van der Waals surface area (Å²) in [6.45, 7) is 5.06. The van der Waals surface area contributed by atoms with Crippen LogP contribution in [-0.2, 0) is 6.54 Å². The van der Waals surface area contributed by atoms with Crippen LogP contribution in [0.25, 0.3) is 5.65 Å². The normalized spacial score (nSPS) is 13.7. The molecule has 0 radical (unpaired) electrons. The molecule has 0 aromatic carbocycles. The van der Waals surface area contributed by atoms with Gasteiger partial charge in [-0.25, -0.2) is 4.98 Å². The molecule has 0 aliphatic carbocycles. The first-order valence-corrected chi connectivity index (χ1v) is 7.23. The molecule has 1 aliphatic rings. The van der Waals surface area contributed by atoms with E-state index in [9.17, 15) is 0 Å². The van der Waals surface area contributed by atoms with Crippen LogP contribution < -0.4 is 10.6 Å². The number of aromatic nitrogens is 2. The summed E-state index contributed by atoms with van der Waals surface area (Å²) in [6, 6.07) is 6.39. The number of nitrogens with zero attached hydrogens (tertiary/aromatic N) is 3. The maximum atomic E-state index is 5.52. The Morgan fingerprint density at radius 2 is 2.05 bits per heavy atom. The van der Waals surface area contributed by atoms with Gasteiger partial charge in [0.2, 0.25) is 0 Å². The maximum absolute atomic E-state index is 5.52. The van der Waals surface area contributed by atoms with Crippen LogP contribution in [-0.4, -0.2) is 22.5 Å². The first kappa shape index (κ1) is 12.5. The van der Waals surface area contributed by atoms with E-state index in [1.807, 2.05) is 0 Å². The van der Waals surface area contributed by atoms with Crippen LogP contribution >= 0.6 is 0 Å². The van der Waals surface area contributed by atoms with Gasteiger partial charge in [0.25, 0.3) is 0 Å². The molecule has 0 atom stereocenters. The topological polar surface area (TPSA) is 46.6 Å². The van der Waals surface area contributed by atoms with E-state index in [0.29, 0.717) is 0 Å². The van der Waals surface area contributed by atoms with Crippen molar-refractivity contribution in [2.45, 2.75) is 39.2 Å². The second kappa shape index (κ2) is 5.21. The standard InChI is InChI=1S/C15H22N4/c1-12-13-11-18(10-5-3-2-4-9-16)15-8-6-7-14(17-12)19(13)15/h6-8H,2-5,9-11,16H2,1H3. The van der Waals surface area contributed by atoms with E-state index in [-0.39, 0.29) is 0 Å². The van der Waals surface area contributed by atoms with Gasteiger partial charge >= 0.3 is 0 Å². The van der Waals surface area contributed by atoms with E-state index in [0.717, 1.165) is 37.4 Å². The van der Waals surface area contributed by atoms with E-state index in [1.165, 1.54) is 30.8 Å². The van der Waals surface area contributed by atoms with Gasteiger partial charge in [-0.3, -0.25) is 4.40 Å². The summed E-state index contributed by atoms with van der Waals surface area (Å²) in [5.41, 5.74) is 9.12. The molecule has 2 N–H and O–H groups in total. The van der Waals surface area contributed by atoms with Gasteiger partial charge in [0.1, 0.15) is 11.5 Å². The van der Waals surface area contributed by atoms with Crippen molar-refractivity contribution < 1.29 is 0 Å². The molecule has 1 aliphatic heterocycles. The first-order chi connectivity index (χ1) is 9.31. The number of nitrogens with two attached hydrogens (primary N) is 1. The third-order valence-electron chi connectivity index (χ3n) is 3.97. The fraction of sp³-hybridized carbons (Fsp3) is 0.533. The predicted octanol–water partition coefficient (Wildman–Crippen LogP) is 2.48. The van der Waals surface area contributed by atoms with Gasteiger partial charge in [-0.2, -0.15) is 0 Å². The molecule has 3 rings (SSSR count). The van der Waals surface area contributed by atoms with Gasteiger partial charge in [-0.15, -0.1) is 0 Å². The molecule has 2 aromatic heterocycles. The largest absolute Gasteiger partial charge is 0.352 e. The lowest BCUT2D eigenvalue weighted by atomic mass is 10.2. The van der Waals surface area contributed by atoms with Crippen LogP contribution in [0.5, 0.6) is 0 Å². The number of rotatable bonds is 6. The number of hydrogen-bond acceptors (Lipinski definition) is 3. The molecule has 0 amide bonds. The Kier molecular flexibility index (Phi) is 3.42. The molecule has 2 aromatic rings. The fourth-order valence-electron chi connectivity index (χ4n) is 2.94. The maximum Gasteiger partial charge on any atom is 0.138 e. The second-order valence-corrected chi connectivity index (χ2v) is 5.35. The van der Waals surface area contributed by atoms with E-state index in [2.05, 4.69) is 39.4 Å². The number of imidazole rings is 1. The van der Waals surface area contributed by atoms with E-state index < -0.39 is 0 Å². The lowest BCUT2D eigenvalue weighted by molar-refractivity contribution is 0.631. The Hall–Kier alpha value is -1.55. The number of hydrogen-bond donors (Lipinski definition) is 1. The van der Waals surface area contributed by atoms with Crippen molar-refractivity contribution >= 4 is 11.5 Å². The zero-order chi connectivity index (χ0) is 13.2. The van der Waals surface area contributed by atoms with Crippen molar-refractivity contribution in [2.75, 3.05) is 18.0 Å². The lowest BCUT2D eigenvalue weighted by Gasteiger charge is -2.18. The van der Waals surface area contributed by atoms with Crippen LogP contribution in [0.2, 0.25) is 0 Å². The third-order valence-corrected chi connectivity index (χ3v) is 3.97. The van der Waals surface area contributed by atoms with Crippen LogP contribution in [0.15, 0.2) is 18.2 Å². The summed E-state index contributed by atoms with van der Waals surface area (Å²) >= 11 is 0. The minimum Gasteiger partial charge on any atom is -0.352 e. The molecule has 0 spiro atoms. The van der Waals surface area contributed by atoms with Crippen molar-refractivity contribution in [3.05, 3.63) is 29.6 Å². The quantitative estimate of drug-likeness (QED) is 0.810. The van der Waals surface area contributed by atoms with Gasteiger partial charge in [0.05, 0.1) is 17.9 Å². The number of anilines is 1. The molecule has 19 heavy (non-hydrogen) atoms. The second-order valence-electron chi connectivity index (χ2n) is 5.35. The van der Waals surface area contributed by atoms with Crippen LogP contribution in [0.4, 0.5) is 5.82 Å². The van der Waals surface area contributed by atoms with Gasteiger partial charge in [0, 0.05) is 6.54 Å². The van der Waals surface area contributed by atoms with Crippen molar-refractivity contribution in [1.82, 2.24) is 9.38 Å². The molecule has 0 bridgehead atoms. The summed E-state index contributed by atoms with van der Waals surface area (Å²) in [5, 5.41) is 0. The number of aryl methyl sites for hydroxylation is 1. The van der Waals surface area contributed by atoms with Gasteiger partial charge < -0.3 is 10.6 Å². The molecular formula is C15H22N4. The minimum absolute atomic E-state index is 0.819. The molecule has 4 nitrogen and oxygen atoms in total.